The van der Waals surface area contributed by atoms with Crippen molar-refractivity contribution in [3.63, 3.8) is 0 Å². The zero-order valence-electron chi connectivity index (χ0n) is 9.61. The summed E-state index contributed by atoms with van der Waals surface area (Å²) in [5.41, 5.74) is 0.390. The average Bonchev–Trinajstić information content (AvgIpc) is 2.70. The molecule has 1 N–H and O–H groups in total. The number of nitrogens with zero attached hydrogens (tertiary/aromatic N) is 2. The fraction of sp³-hybridized carbons (Fsp3) is 0.273. The standard InChI is InChI=1S/C11H11Cl2N3OS/c1-16-5-6-18-11(16)15-10(17)14-9-7(12)3-2-4-8(9)13/h2-4H,5-6H2,1H3,(H,14,17)/b15-11+. The molecule has 0 unspecified atom stereocenters. The minimum Gasteiger partial charge on any atom is -0.353 e. The monoisotopic (exact) mass is 303 g/mol. The number of nitrogens with one attached hydrogen (secondary N) is 1. The molecule has 4 nitrogen and oxygen atoms in total. The number of benzene rings is 1. The lowest BCUT2D eigenvalue weighted by molar-refractivity contribution is 0.259. The van der Waals surface area contributed by atoms with Crippen molar-refractivity contribution < 1.29 is 4.79 Å². The maximum atomic E-state index is 11.8. The Kier molecular flexibility index (Phi) is 4.37. The molecule has 0 bridgehead atoms. The number of carbonyl (C=O) groups excluding carboxylic acids is 1. The minimum atomic E-state index is -0.471. The van der Waals surface area contributed by atoms with Crippen molar-refractivity contribution in [2.45, 2.75) is 0 Å². The van der Waals surface area contributed by atoms with Gasteiger partial charge in [-0.25, -0.2) is 4.79 Å². The second-order valence-electron chi connectivity index (χ2n) is 3.69. The van der Waals surface area contributed by atoms with E-state index in [0.717, 1.165) is 12.3 Å². The van der Waals surface area contributed by atoms with Gasteiger partial charge in [-0.15, -0.1) is 0 Å². The predicted molar refractivity (Wildman–Crippen MR) is 78.0 cm³/mol. The molecule has 0 atom stereocenters. The van der Waals surface area contributed by atoms with Crippen molar-refractivity contribution in [3.05, 3.63) is 28.2 Å². The van der Waals surface area contributed by atoms with Crippen LogP contribution in [0.25, 0.3) is 0 Å². The van der Waals surface area contributed by atoms with Crippen LogP contribution in [-0.2, 0) is 0 Å². The number of rotatable bonds is 1. The molecule has 1 aromatic rings. The van der Waals surface area contributed by atoms with Crippen LogP contribution in [0.1, 0.15) is 0 Å². The Balaban J connectivity index is 2.12. The van der Waals surface area contributed by atoms with Gasteiger partial charge in [-0.1, -0.05) is 41.0 Å². The molecule has 0 aliphatic carbocycles. The Morgan fingerprint density at radius 2 is 2.11 bits per heavy atom. The van der Waals surface area contributed by atoms with Gasteiger partial charge in [0, 0.05) is 19.3 Å². The van der Waals surface area contributed by atoms with Crippen LogP contribution in [0.5, 0.6) is 0 Å². The van der Waals surface area contributed by atoms with Gasteiger partial charge < -0.3 is 10.2 Å². The summed E-state index contributed by atoms with van der Waals surface area (Å²) in [6.07, 6.45) is 0. The minimum absolute atomic E-state index is 0.390. The van der Waals surface area contributed by atoms with Crippen LogP contribution < -0.4 is 5.32 Å². The first-order valence-corrected chi connectivity index (χ1v) is 6.99. The summed E-state index contributed by atoms with van der Waals surface area (Å²) < 4.78 is 0. The summed E-state index contributed by atoms with van der Waals surface area (Å²) in [6, 6.07) is 4.56. The first-order valence-electron chi connectivity index (χ1n) is 5.25. The lowest BCUT2D eigenvalue weighted by Crippen LogP contribution is -2.20. The lowest BCUT2D eigenvalue weighted by atomic mass is 10.3. The Morgan fingerprint density at radius 1 is 1.44 bits per heavy atom. The summed E-state index contributed by atoms with van der Waals surface area (Å²) in [6.45, 7) is 0.892. The van der Waals surface area contributed by atoms with Crippen LogP contribution in [-0.4, -0.2) is 35.4 Å². The van der Waals surface area contributed by atoms with Gasteiger partial charge in [0.05, 0.1) is 15.7 Å². The van der Waals surface area contributed by atoms with Crippen molar-refractivity contribution in [2.75, 3.05) is 24.7 Å². The smallest absolute Gasteiger partial charge is 0.347 e. The highest BCUT2D eigenvalue weighted by molar-refractivity contribution is 8.14. The summed E-state index contributed by atoms with van der Waals surface area (Å²) in [4.78, 5) is 17.7. The topological polar surface area (TPSA) is 44.7 Å². The quantitative estimate of drug-likeness (QED) is 0.863. The fourth-order valence-electron chi connectivity index (χ4n) is 1.44. The maximum Gasteiger partial charge on any atom is 0.347 e. The number of amidine groups is 1. The fourth-order valence-corrected chi connectivity index (χ4v) is 2.94. The molecule has 7 heteroatoms. The molecule has 2 rings (SSSR count). The van der Waals surface area contributed by atoms with E-state index >= 15 is 0 Å². The Morgan fingerprint density at radius 3 is 2.67 bits per heavy atom. The van der Waals surface area contributed by atoms with Gasteiger partial charge in [0.1, 0.15) is 0 Å². The molecule has 1 aliphatic rings. The number of hydrogen-bond donors (Lipinski definition) is 1. The number of thioether (sulfide) groups is 1. The zero-order chi connectivity index (χ0) is 13.1. The van der Waals surface area contributed by atoms with Crippen LogP contribution in [0.4, 0.5) is 10.5 Å². The molecule has 2 amide bonds. The third kappa shape index (κ3) is 3.10. The molecule has 1 saturated heterocycles. The second kappa shape index (κ2) is 5.82. The first-order chi connectivity index (χ1) is 8.58. The van der Waals surface area contributed by atoms with E-state index in [1.807, 2.05) is 11.9 Å². The number of urea groups is 1. The molecular formula is C11H11Cl2N3OS. The van der Waals surface area contributed by atoms with E-state index in [1.54, 1.807) is 30.0 Å². The number of aliphatic imine (C=N–C) groups is 1. The molecule has 0 spiro atoms. The van der Waals surface area contributed by atoms with Crippen molar-refractivity contribution in [2.24, 2.45) is 4.99 Å². The van der Waals surface area contributed by atoms with Crippen LogP contribution in [0.2, 0.25) is 10.0 Å². The summed E-state index contributed by atoms with van der Waals surface area (Å²) >= 11 is 13.5. The maximum absolute atomic E-state index is 11.8. The Bertz CT molecular complexity index is 487. The van der Waals surface area contributed by atoms with Gasteiger partial charge >= 0.3 is 6.03 Å². The largest absolute Gasteiger partial charge is 0.353 e. The molecule has 1 aromatic carbocycles. The number of carbonyl (C=O) groups is 1. The molecule has 18 heavy (non-hydrogen) atoms. The normalized spacial score (nSPS) is 17.3. The first kappa shape index (κ1) is 13.5. The Labute approximate surface area is 119 Å². The third-order valence-corrected chi connectivity index (χ3v) is 4.05. The summed E-state index contributed by atoms with van der Waals surface area (Å²) in [5, 5.41) is 4.08. The predicted octanol–water partition coefficient (Wildman–Crippen LogP) is 3.56. The summed E-state index contributed by atoms with van der Waals surface area (Å²) in [5.74, 6) is 0.940. The number of anilines is 1. The van der Waals surface area contributed by atoms with Gasteiger partial charge in [0.2, 0.25) is 0 Å². The van der Waals surface area contributed by atoms with Crippen molar-refractivity contribution >= 4 is 51.8 Å². The van der Waals surface area contributed by atoms with E-state index in [-0.39, 0.29) is 0 Å². The van der Waals surface area contributed by atoms with E-state index < -0.39 is 6.03 Å². The zero-order valence-corrected chi connectivity index (χ0v) is 11.9. The SMILES string of the molecule is CN1CCS/C1=N/C(=O)Nc1c(Cl)cccc1Cl. The highest BCUT2D eigenvalue weighted by Gasteiger charge is 2.17. The molecule has 0 aromatic heterocycles. The number of para-hydroxylation sites is 1. The van der Waals surface area contributed by atoms with Gasteiger partial charge in [-0.3, -0.25) is 0 Å². The lowest BCUT2D eigenvalue weighted by Gasteiger charge is -2.10. The van der Waals surface area contributed by atoms with Gasteiger partial charge in [-0.05, 0) is 12.1 Å². The van der Waals surface area contributed by atoms with E-state index in [0.29, 0.717) is 20.9 Å². The van der Waals surface area contributed by atoms with E-state index in [4.69, 9.17) is 23.2 Å². The van der Waals surface area contributed by atoms with E-state index in [2.05, 4.69) is 10.3 Å². The number of hydrogen-bond acceptors (Lipinski definition) is 2. The molecular weight excluding hydrogens is 293 g/mol. The summed E-state index contributed by atoms with van der Waals surface area (Å²) in [7, 11) is 1.90. The van der Waals surface area contributed by atoms with E-state index in [1.165, 1.54) is 0 Å². The van der Waals surface area contributed by atoms with Crippen LogP contribution in [0.15, 0.2) is 23.2 Å². The van der Waals surface area contributed by atoms with E-state index in [9.17, 15) is 4.79 Å². The van der Waals surface area contributed by atoms with Gasteiger partial charge in [0.15, 0.2) is 5.17 Å². The molecule has 1 fully saturated rings. The van der Waals surface area contributed by atoms with Gasteiger partial charge in [0.25, 0.3) is 0 Å². The molecule has 1 heterocycles. The van der Waals surface area contributed by atoms with Crippen molar-refractivity contribution in [3.8, 4) is 0 Å². The Hall–Kier alpha value is -0.910. The second-order valence-corrected chi connectivity index (χ2v) is 5.57. The third-order valence-electron chi connectivity index (χ3n) is 2.38. The molecule has 96 valence electrons. The van der Waals surface area contributed by atoms with Crippen LogP contribution in [0.3, 0.4) is 0 Å². The van der Waals surface area contributed by atoms with Crippen molar-refractivity contribution in [1.82, 2.24) is 4.90 Å². The van der Waals surface area contributed by atoms with Crippen LogP contribution >= 0.6 is 35.0 Å². The average molecular weight is 304 g/mol. The highest BCUT2D eigenvalue weighted by Crippen LogP contribution is 2.30. The van der Waals surface area contributed by atoms with Crippen molar-refractivity contribution in [1.29, 1.82) is 0 Å². The molecule has 0 saturated carbocycles. The molecule has 0 radical (unpaired) electrons. The number of amides is 2. The number of halogens is 2. The highest BCUT2D eigenvalue weighted by atomic mass is 35.5. The van der Waals surface area contributed by atoms with Gasteiger partial charge in [-0.2, -0.15) is 4.99 Å². The molecule has 1 aliphatic heterocycles. The van der Waals surface area contributed by atoms with Crippen LogP contribution in [0, 0.1) is 0 Å².